The third-order valence-corrected chi connectivity index (χ3v) is 3.68. The Labute approximate surface area is 116 Å². The topological polar surface area (TPSA) is 92.7 Å². The van der Waals surface area contributed by atoms with Crippen molar-refractivity contribution in [2.75, 3.05) is 0 Å². The summed E-state index contributed by atoms with van der Waals surface area (Å²) in [5.74, 6) is 0. The molecule has 0 unspecified atom stereocenters. The van der Waals surface area contributed by atoms with Crippen molar-refractivity contribution in [3.8, 4) is 0 Å². The molecule has 1 heterocycles. The normalized spacial score (nSPS) is 21.2. The van der Waals surface area contributed by atoms with E-state index in [1.54, 1.807) is 27.7 Å². The average Bonchev–Trinajstić information content (AvgIpc) is 2.48. The van der Waals surface area contributed by atoms with Gasteiger partial charge in [0.05, 0.1) is 4.92 Å². The molecule has 0 atom stereocenters. The molecule has 108 valence electrons. The third kappa shape index (κ3) is 1.86. The number of nitrogens with zero attached hydrogens (tertiary/aromatic N) is 3. The van der Waals surface area contributed by atoms with Gasteiger partial charge in [0.25, 0.3) is 5.69 Å². The van der Waals surface area contributed by atoms with Crippen LogP contribution in [0, 0.1) is 15.3 Å². The molecule has 0 amide bonds. The molecule has 0 fully saturated rings. The Bertz CT molecular complexity index is 590. The van der Waals surface area contributed by atoms with Crippen LogP contribution >= 0.6 is 0 Å². The second-order valence-corrected chi connectivity index (χ2v) is 5.81. The summed E-state index contributed by atoms with van der Waals surface area (Å²) in [4.78, 5) is 10.2. The molecule has 2 rings (SSSR count). The maximum absolute atomic E-state index is 12.4. The monoisotopic (exact) mass is 279 g/mol. The molecule has 0 aliphatic carbocycles. The lowest BCUT2D eigenvalue weighted by Crippen LogP contribution is -2.51. The number of hydrogen-bond donors (Lipinski definition) is 1. The summed E-state index contributed by atoms with van der Waals surface area (Å²) in [5.41, 5.74) is -1.09. The molecule has 20 heavy (non-hydrogen) atoms. The van der Waals surface area contributed by atoms with Crippen molar-refractivity contribution in [2.45, 2.75) is 38.9 Å². The maximum Gasteiger partial charge on any atom is 0.269 e. The van der Waals surface area contributed by atoms with Crippen molar-refractivity contribution < 1.29 is 14.9 Å². The van der Waals surface area contributed by atoms with E-state index < -0.39 is 16.1 Å². The lowest BCUT2D eigenvalue weighted by Gasteiger charge is -2.29. The predicted molar refractivity (Wildman–Crippen MR) is 72.6 cm³/mol. The molecule has 0 saturated heterocycles. The number of nitro benzene ring substituents is 1. The molecule has 1 aliphatic rings. The van der Waals surface area contributed by atoms with Gasteiger partial charge in [0.1, 0.15) is 5.54 Å². The van der Waals surface area contributed by atoms with Gasteiger partial charge in [-0.05, 0) is 26.0 Å². The minimum atomic E-state index is -1.10. The van der Waals surface area contributed by atoms with Crippen molar-refractivity contribution in [1.82, 2.24) is 5.06 Å². The van der Waals surface area contributed by atoms with Crippen LogP contribution in [-0.2, 0) is 0 Å². The fourth-order valence-corrected chi connectivity index (χ4v) is 2.60. The van der Waals surface area contributed by atoms with Crippen molar-refractivity contribution >= 4 is 11.4 Å². The van der Waals surface area contributed by atoms with Crippen LogP contribution in [0.3, 0.4) is 0 Å². The Morgan fingerprint density at radius 1 is 1.20 bits per heavy atom. The lowest BCUT2D eigenvalue weighted by atomic mass is 9.92. The second-order valence-electron chi connectivity index (χ2n) is 5.81. The smallest absolute Gasteiger partial charge is 0.269 e. The van der Waals surface area contributed by atoms with E-state index in [1.165, 1.54) is 24.3 Å². The van der Waals surface area contributed by atoms with Gasteiger partial charge >= 0.3 is 0 Å². The maximum atomic E-state index is 12.4. The first-order chi connectivity index (χ1) is 9.10. The molecular formula is C13H17N3O4. The molecular weight excluding hydrogens is 262 g/mol. The van der Waals surface area contributed by atoms with E-state index in [0.29, 0.717) is 11.3 Å². The van der Waals surface area contributed by atoms with E-state index >= 15 is 0 Å². The Balaban J connectivity index is 2.56. The molecule has 1 N–H and O–H groups in total. The average molecular weight is 279 g/mol. The summed E-state index contributed by atoms with van der Waals surface area (Å²) >= 11 is 0. The van der Waals surface area contributed by atoms with Crippen LogP contribution in [0.4, 0.5) is 5.69 Å². The summed E-state index contributed by atoms with van der Waals surface area (Å²) in [7, 11) is 0. The second kappa shape index (κ2) is 4.26. The molecule has 7 heteroatoms. The Hall–Kier alpha value is -1.99. The molecule has 1 aromatic carbocycles. The van der Waals surface area contributed by atoms with Gasteiger partial charge in [-0.25, -0.2) is 0 Å². The first-order valence-corrected chi connectivity index (χ1v) is 6.19. The van der Waals surface area contributed by atoms with Crippen LogP contribution in [0.5, 0.6) is 0 Å². The van der Waals surface area contributed by atoms with E-state index in [-0.39, 0.29) is 5.69 Å². The van der Waals surface area contributed by atoms with Gasteiger partial charge in [0.15, 0.2) is 0 Å². The number of hydroxylamine groups is 3. The SMILES string of the molecule is CC1(C)C(c2ccc([N+](=O)[O-])cc2)=[N+]([O-])C(C)(C)N1O. The van der Waals surface area contributed by atoms with Crippen LogP contribution in [-0.4, -0.2) is 36.8 Å². The molecule has 0 aromatic heterocycles. The van der Waals surface area contributed by atoms with Crippen LogP contribution in [0.1, 0.15) is 33.3 Å². The first kappa shape index (κ1) is 14.4. The zero-order valence-electron chi connectivity index (χ0n) is 11.8. The van der Waals surface area contributed by atoms with Crippen LogP contribution < -0.4 is 0 Å². The highest BCUT2D eigenvalue weighted by Gasteiger charge is 2.56. The van der Waals surface area contributed by atoms with E-state index in [2.05, 4.69) is 0 Å². The number of rotatable bonds is 2. The molecule has 0 bridgehead atoms. The van der Waals surface area contributed by atoms with Gasteiger partial charge in [-0.15, -0.1) is 5.06 Å². The predicted octanol–water partition coefficient (Wildman–Crippen LogP) is 2.11. The summed E-state index contributed by atoms with van der Waals surface area (Å²) in [6, 6.07) is 5.74. The quantitative estimate of drug-likeness (QED) is 0.387. The molecule has 1 aliphatic heterocycles. The van der Waals surface area contributed by atoms with E-state index in [1.807, 2.05) is 0 Å². The first-order valence-electron chi connectivity index (χ1n) is 6.19. The van der Waals surface area contributed by atoms with Gasteiger partial charge in [0.2, 0.25) is 11.4 Å². The standard InChI is InChI=1S/C13H17N3O4/c1-12(2)11(14(17)13(3,4)16(12)20)9-5-7-10(8-6-9)15(18)19/h5-8,20H,1-4H3. The number of benzene rings is 1. The van der Waals surface area contributed by atoms with Crippen molar-refractivity contribution in [3.63, 3.8) is 0 Å². The van der Waals surface area contributed by atoms with Crippen molar-refractivity contribution in [1.29, 1.82) is 0 Å². The van der Waals surface area contributed by atoms with E-state index in [4.69, 9.17) is 0 Å². The minimum Gasteiger partial charge on any atom is -0.622 e. The Kier molecular flexibility index (Phi) is 3.07. The Morgan fingerprint density at radius 3 is 2.05 bits per heavy atom. The zero-order chi connectivity index (χ0) is 15.3. The molecule has 7 nitrogen and oxygen atoms in total. The highest BCUT2D eigenvalue weighted by molar-refractivity contribution is 6.04. The number of non-ortho nitro benzene ring substituents is 1. The summed E-state index contributed by atoms with van der Waals surface area (Å²) in [5, 5.41) is 34.3. The lowest BCUT2D eigenvalue weighted by molar-refractivity contribution is -0.580. The van der Waals surface area contributed by atoms with Gasteiger partial charge < -0.3 is 10.4 Å². The summed E-state index contributed by atoms with van der Waals surface area (Å²) in [6.45, 7) is 6.67. The zero-order valence-corrected chi connectivity index (χ0v) is 11.8. The fraction of sp³-hybridized carbons (Fsp3) is 0.462. The highest BCUT2D eigenvalue weighted by atomic mass is 16.6. The van der Waals surface area contributed by atoms with Gasteiger partial charge in [-0.3, -0.25) is 10.1 Å². The van der Waals surface area contributed by atoms with Crippen molar-refractivity contribution in [3.05, 3.63) is 45.2 Å². The van der Waals surface area contributed by atoms with Crippen LogP contribution in [0.15, 0.2) is 24.3 Å². The molecule has 0 saturated carbocycles. The number of hydrogen-bond acceptors (Lipinski definition) is 5. The fourth-order valence-electron chi connectivity index (χ4n) is 2.60. The van der Waals surface area contributed by atoms with Gasteiger partial charge in [-0.2, -0.15) is 4.74 Å². The molecule has 0 spiro atoms. The minimum absolute atomic E-state index is 0.0392. The summed E-state index contributed by atoms with van der Waals surface area (Å²) in [6.07, 6.45) is 0. The van der Waals surface area contributed by atoms with Gasteiger partial charge in [0, 0.05) is 31.5 Å². The highest BCUT2D eigenvalue weighted by Crippen LogP contribution is 2.34. The van der Waals surface area contributed by atoms with Crippen LogP contribution in [0.25, 0.3) is 0 Å². The molecule has 0 radical (unpaired) electrons. The number of nitro groups is 1. The third-order valence-electron chi connectivity index (χ3n) is 3.68. The van der Waals surface area contributed by atoms with Crippen LogP contribution in [0.2, 0.25) is 0 Å². The van der Waals surface area contributed by atoms with E-state index in [0.717, 1.165) is 9.80 Å². The summed E-state index contributed by atoms with van der Waals surface area (Å²) < 4.78 is 0.744. The Morgan fingerprint density at radius 2 is 1.70 bits per heavy atom. The van der Waals surface area contributed by atoms with Crippen molar-refractivity contribution in [2.24, 2.45) is 0 Å². The van der Waals surface area contributed by atoms with E-state index in [9.17, 15) is 20.5 Å². The molecule has 1 aromatic rings. The largest absolute Gasteiger partial charge is 0.622 e. The van der Waals surface area contributed by atoms with Gasteiger partial charge in [-0.1, -0.05) is 0 Å².